The number of nitrogens with zero attached hydrogens (tertiary/aromatic N) is 1. The summed E-state index contributed by atoms with van der Waals surface area (Å²) in [5.41, 5.74) is 0.781. The van der Waals surface area contributed by atoms with Crippen molar-refractivity contribution in [1.82, 2.24) is 4.98 Å². The largest absolute Gasteiger partial charge is 0.287 e. The van der Waals surface area contributed by atoms with Gasteiger partial charge in [-0.05, 0) is 46.3 Å². The minimum atomic E-state index is -0.207. The number of carbonyl (C=O) groups excluding carboxylic acids is 1. The molecule has 86 valence electrons. The maximum atomic E-state index is 12.1. The van der Waals surface area contributed by atoms with Crippen LogP contribution < -0.4 is 0 Å². The molecule has 0 saturated heterocycles. The van der Waals surface area contributed by atoms with Gasteiger partial charge in [0.1, 0.15) is 5.69 Å². The number of pyridine rings is 1. The summed E-state index contributed by atoms with van der Waals surface area (Å²) in [5.74, 6) is -0.207. The molecule has 0 radical (unpaired) electrons. The highest BCUT2D eigenvalue weighted by molar-refractivity contribution is 9.10. The molecular formula is C12H6BrCl2NO. The van der Waals surface area contributed by atoms with E-state index >= 15 is 0 Å². The second kappa shape index (κ2) is 5.17. The van der Waals surface area contributed by atoms with Crippen molar-refractivity contribution in [3.63, 3.8) is 0 Å². The average Bonchev–Trinajstić information content (AvgIpc) is 2.28. The molecule has 0 N–H and O–H groups in total. The van der Waals surface area contributed by atoms with Gasteiger partial charge in [0, 0.05) is 26.3 Å². The Hall–Kier alpha value is -0.900. The Morgan fingerprint density at radius 3 is 2.29 bits per heavy atom. The van der Waals surface area contributed by atoms with Gasteiger partial charge in [0.05, 0.1) is 0 Å². The number of halogens is 3. The van der Waals surface area contributed by atoms with Crippen molar-refractivity contribution >= 4 is 44.9 Å². The lowest BCUT2D eigenvalue weighted by Gasteiger charge is -2.02. The summed E-state index contributed by atoms with van der Waals surface area (Å²) in [5, 5.41) is 0.857. The van der Waals surface area contributed by atoms with E-state index in [1.165, 1.54) is 0 Å². The lowest BCUT2D eigenvalue weighted by Crippen LogP contribution is -2.03. The minimum absolute atomic E-state index is 0.207. The molecule has 1 aromatic carbocycles. The Kier molecular flexibility index (Phi) is 3.82. The second-order valence-corrected chi connectivity index (χ2v) is 5.14. The molecular weight excluding hydrogens is 325 g/mol. The first-order valence-electron chi connectivity index (χ1n) is 4.68. The van der Waals surface area contributed by atoms with Crippen LogP contribution >= 0.6 is 39.1 Å². The van der Waals surface area contributed by atoms with Crippen molar-refractivity contribution in [3.8, 4) is 0 Å². The summed E-state index contributed by atoms with van der Waals surface area (Å²) in [7, 11) is 0. The van der Waals surface area contributed by atoms with Gasteiger partial charge in [-0.3, -0.25) is 9.78 Å². The van der Waals surface area contributed by atoms with Crippen LogP contribution in [0.25, 0.3) is 0 Å². The van der Waals surface area contributed by atoms with Crippen molar-refractivity contribution in [3.05, 3.63) is 62.3 Å². The number of rotatable bonds is 2. The van der Waals surface area contributed by atoms with Gasteiger partial charge in [0.25, 0.3) is 0 Å². The zero-order valence-corrected chi connectivity index (χ0v) is 11.6. The first-order valence-corrected chi connectivity index (χ1v) is 6.23. The van der Waals surface area contributed by atoms with Gasteiger partial charge in [0.2, 0.25) is 5.78 Å². The maximum absolute atomic E-state index is 12.1. The molecule has 0 aliphatic rings. The first-order chi connectivity index (χ1) is 8.06. The number of ketones is 1. The van der Waals surface area contributed by atoms with E-state index in [9.17, 15) is 4.79 Å². The van der Waals surface area contributed by atoms with E-state index in [-0.39, 0.29) is 5.78 Å². The third-order valence-corrected chi connectivity index (χ3v) is 2.99. The van der Waals surface area contributed by atoms with Gasteiger partial charge in [-0.1, -0.05) is 23.2 Å². The fourth-order valence-corrected chi connectivity index (χ4v) is 2.10. The van der Waals surface area contributed by atoms with Crippen molar-refractivity contribution < 1.29 is 4.79 Å². The third-order valence-electron chi connectivity index (χ3n) is 2.08. The van der Waals surface area contributed by atoms with Crippen LogP contribution in [0.2, 0.25) is 10.0 Å². The molecule has 0 aliphatic carbocycles. The number of hydrogen-bond acceptors (Lipinski definition) is 2. The molecule has 2 rings (SSSR count). The highest BCUT2D eigenvalue weighted by Gasteiger charge is 2.11. The molecule has 2 aromatic rings. The standard InChI is InChI=1S/C12H6BrCl2NO/c13-8-1-2-11(16-6-8)12(17)7-3-9(14)5-10(15)4-7/h1-6H. The lowest BCUT2D eigenvalue weighted by molar-refractivity contribution is 0.103. The van der Waals surface area contributed by atoms with E-state index in [0.29, 0.717) is 21.3 Å². The molecule has 0 saturated carbocycles. The summed E-state index contributed by atoms with van der Waals surface area (Å²) in [6.07, 6.45) is 1.57. The lowest BCUT2D eigenvalue weighted by atomic mass is 10.1. The molecule has 0 amide bonds. The first kappa shape index (κ1) is 12.6. The molecule has 1 aromatic heterocycles. The summed E-state index contributed by atoms with van der Waals surface area (Å²) in [6, 6.07) is 8.11. The van der Waals surface area contributed by atoms with Crippen LogP contribution in [-0.2, 0) is 0 Å². The Labute approximate surface area is 117 Å². The van der Waals surface area contributed by atoms with Crippen molar-refractivity contribution in [2.24, 2.45) is 0 Å². The monoisotopic (exact) mass is 329 g/mol. The predicted octanol–water partition coefficient (Wildman–Crippen LogP) is 4.38. The SMILES string of the molecule is O=C(c1cc(Cl)cc(Cl)c1)c1ccc(Br)cn1. The quantitative estimate of drug-likeness (QED) is 0.765. The van der Waals surface area contributed by atoms with Crippen LogP contribution in [0.5, 0.6) is 0 Å². The molecule has 17 heavy (non-hydrogen) atoms. The normalized spacial score (nSPS) is 10.3. The van der Waals surface area contributed by atoms with E-state index in [4.69, 9.17) is 23.2 Å². The third kappa shape index (κ3) is 3.06. The average molecular weight is 331 g/mol. The van der Waals surface area contributed by atoms with E-state index in [0.717, 1.165) is 4.47 Å². The van der Waals surface area contributed by atoms with Crippen LogP contribution in [0.15, 0.2) is 41.0 Å². The molecule has 2 nitrogen and oxygen atoms in total. The fourth-order valence-electron chi connectivity index (χ4n) is 1.34. The van der Waals surface area contributed by atoms with E-state index in [1.807, 2.05) is 0 Å². The smallest absolute Gasteiger partial charge is 0.211 e. The summed E-state index contributed by atoms with van der Waals surface area (Å²) >= 11 is 14.9. The van der Waals surface area contributed by atoms with Crippen molar-refractivity contribution in [2.75, 3.05) is 0 Å². The van der Waals surface area contributed by atoms with Crippen LogP contribution in [0.3, 0.4) is 0 Å². The van der Waals surface area contributed by atoms with Gasteiger partial charge in [-0.15, -0.1) is 0 Å². The van der Waals surface area contributed by atoms with E-state index < -0.39 is 0 Å². The van der Waals surface area contributed by atoms with Crippen LogP contribution in [0.1, 0.15) is 16.1 Å². The number of benzene rings is 1. The highest BCUT2D eigenvalue weighted by Crippen LogP contribution is 2.21. The van der Waals surface area contributed by atoms with Gasteiger partial charge in [0.15, 0.2) is 0 Å². The minimum Gasteiger partial charge on any atom is -0.287 e. The van der Waals surface area contributed by atoms with Crippen LogP contribution in [-0.4, -0.2) is 10.8 Å². The summed E-state index contributed by atoms with van der Waals surface area (Å²) in [6.45, 7) is 0. The predicted molar refractivity (Wildman–Crippen MR) is 71.8 cm³/mol. The zero-order chi connectivity index (χ0) is 12.4. The Morgan fingerprint density at radius 1 is 1.12 bits per heavy atom. The Bertz CT molecular complexity index is 549. The van der Waals surface area contributed by atoms with Gasteiger partial charge < -0.3 is 0 Å². The molecule has 0 aliphatic heterocycles. The van der Waals surface area contributed by atoms with Crippen LogP contribution in [0, 0.1) is 0 Å². The summed E-state index contributed by atoms with van der Waals surface area (Å²) < 4.78 is 0.818. The Morgan fingerprint density at radius 2 is 1.76 bits per heavy atom. The molecule has 0 atom stereocenters. The number of carbonyl (C=O) groups is 1. The zero-order valence-electron chi connectivity index (χ0n) is 8.45. The molecule has 0 spiro atoms. The van der Waals surface area contributed by atoms with E-state index in [2.05, 4.69) is 20.9 Å². The maximum Gasteiger partial charge on any atom is 0.211 e. The molecule has 0 unspecified atom stereocenters. The number of aromatic nitrogens is 1. The van der Waals surface area contributed by atoms with Gasteiger partial charge in [-0.2, -0.15) is 0 Å². The van der Waals surface area contributed by atoms with Crippen molar-refractivity contribution in [2.45, 2.75) is 0 Å². The van der Waals surface area contributed by atoms with Crippen molar-refractivity contribution in [1.29, 1.82) is 0 Å². The van der Waals surface area contributed by atoms with Gasteiger partial charge >= 0.3 is 0 Å². The summed E-state index contributed by atoms with van der Waals surface area (Å²) in [4.78, 5) is 16.1. The highest BCUT2D eigenvalue weighted by atomic mass is 79.9. The van der Waals surface area contributed by atoms with E-state index in [1.54, 1.807) is 36.5 Å². The molecule has 0 fully saturated rings. The topological polar surface area (TPSA) is 30.0 Å². The molecule has 0 bridgehead atoms. The fraction of sp³-hybridized carbons (Fsp3) is 0. The second-order valence-electron chi connectivity index (χ2n) is 3.35. The Balaban J connectivity index is 2.40. The van der Waals surface area contributed by atoms with Gasteiger partial charge in [-0.25, -0.2) is 0 Å². The van der Waals surface area contributed by atoms with Crippen LogP contribution in [0.4, 0.5) is 0 Å². The molecule has 1 heterocycles. The number of hydrogen-bond donors (Lipinski definition) is 0. The molecule has 5 heteroatoms.